The van der Waals surface area contributed by atoms with Crippen molar-refractivity contribution >= 4 is 10.9 Å². The first-order valence-electron chi connectivity index (χ1n) is 6.25. The predicted molar refractivity (Wildman–Crippen MR) is 72.4 cm³/mol. The molecule has 2 aromatic heterocycles. The highest BCUT2D eigenvalue weighted by molar-refractivity contribution is 5.80. The Morgan fingerprint density at radius 3 is 2.84 bits per heavy atom. The second-order valence-corrected chi connectivity index (χ2v) is 4.30. The smallest absolute Gasteiger partial charge is 0.276 e. The van der Waals surface area contributed by atoms with Crippen molar-refractivity contribution in [2.75, 3.05) is 6.54 Å². The quantitative estimate of drug-likeness (QED) is 0.772. The minimum absolute atomic E-state index is 0.456. The number of hydrogen-bond acceptors (Lipinski definition) is 5. The van der Waals surface area contributed by atoms with E-state index >= 15 is 0 Å². The lowest BCUT2D eigenvalue weighted by atomic mass is 10.2. The van der Waals surface area contributed by atoms with Crippen LogP contribution in [-0.2, 0) is 6.42 Å². The SMILES string of the molecule is NCCCc1noc(-c2ccc3ccccc3n2)n1. The fourth-order valence-corrected chi connectivity index (χ4v) is 1.90. The van der Waals surface area contributed by atoms with Crippen LogP contribution in [0.2, 0.25) is 0 Å². The van der Waals surface area contributed by atoms with Crippen LogP contribution < -0.4 is 5.73 Å². The molecule has 5 heteroatoms. The van der Waals surface area contributed by atoms with Crippen molar-refractivity contribution in [3.8, 4) is 11.6 Å². The minimum Gasteiger partial charge on any atom is -0.332 e. The van der Waals surface area contributed by atoms with E-state index in [2.05, 4.69) is 15.1 Å². The molecule has 3 aromatic rings. The minimum atomic E-state index is 0.456. The van der Waals surface area contributed by atoms with Crippen LogP contribution in [0.5, 0.6) is 0 Å². The van der Waals surface area contributed by atoms with E-state index in [0.29, 0.717) is 24.0 Å². The third-order valence-electron chi connectivity index (χ3n) is 2.89. The Bertz CT molecular complexity index is 692. The summed E-state index contributed by atoms with van der Waals surface area (Å²) < 4.78 is 5.23. The Labute approximate surface area is 110 Å². The van der Waals surface area contributed by atoms with Gasteiger partial charge in [0, 0.05) is 11.8 Å². The number of para-hydroxylation sites is 1. The van der Waals surface area contributed by atoms with E-state index < -0.39 is 0 Å². The maximum atomic E-state index is 5.46. The zero-order chi connectivity index (χ0) is 13.1. The molecule has 0 amide bonds. The number of rotatable bonds is 4. The van der Waals surface area contributed by atoms with Crippen LogP contribution in [0.25, 0.3) is 22.5 Å². The molecule has 0 atom stereocenters. The molecule has 0 radical (unpaired) electrons. The zero-order valence-electron chi connectivity index (χ0n) is 10.4. The van der Waals surface area contributed by atoms with Crippen LogP contribution in [0.1, 0.15) is 12.2 Å². The molecule has 0 aliphatic heterocycles. The molecule has 96 valence electrons. The van der Waals surface area contributed by atoms with E-state index in [-0.39, 0.29) is 0 Å². The third-order valence-corrected chi connectivity index (χ3v) is 2.89. The van der Waals surface area contributed by atoms with Crippen molar-refractivity contribution in [3.05, 3.63) is 42.2 Å². The fourth-order valence-electron chi connectivity index (χ4n) is 1.90. The summed E-state index contributed by atoms with van der Waals surface area (Å²) in [5.41, 5.74) is 7.08. The van der Waals surface area contributed by atoms with Crippen LogP contribution in [0.15, 0.2) is 40.9 Å². The predicted octanol–water partition coefficient (Wildman–Crippen LogP) is 2.18. The lowest BCUT2D eigenvalue weighted by molar-refractivity contribution is 0.420. The molecule has 0 unspecified atom stereocenters. The van der Waals surface area contributed by atoms with Crippen molar-refractivity contribution in [3.63, 3.8) is 0 Å². The van der Waals surface area contributed by atoms with Crippen molar-refractivity contribution in [2.24, 2.45) is 5.73 Å². The summed E-state index contributed by atoms with van der Waals surface area (Å²) in [6.45, 7) is 0.623. The summed E-state index contributed by atoms with van der Waals surface area (Å²) in [6, 6.07) is 11.8. The first-order chi connectivity index (χ1) is 9.36. The summed E-state index contributed by atoms with van der Waals surface area (Å²) >= 11 is 0. The molecule has 0 saturated carbocycles. The average Bonchev–Trinajstić information content (AvgIpc) is 2.93. The Balaban J connectivity index is 1.92. The molecule has 0 bridgehead atoms. The maximum Gasteiger partial charge on any atom is 0.276 e. The van der Waals surface area contributed by atoms with Gasteiger partial charge < -0.3 is 10.3 Å². The van der Waals surface area contributed by atoms with Crippen LogP contribution in [0.3, 0.4) is 0 Å². The highest BCUT2D eigenvalue weighted by Gasteiger charge is 2.10. The van der Waals surface area contributed by atoms with E-state index in [9.17, 15) is 0 Å². The second kappa shape index (κ2) is 5.16. The number of pyridine rings is 1. The lowest BCUT2D eigenvalue weighted by Crippen LogP contribution is -2.01. The van der Waals surface area contributed by atoms with Gasteiger partial charge in [0.2, 0.25) is 0 Å². The number of nitrogens with zero attached hydrogens (tertiary/aromatic N) is 3. The number of nitrogens with two attached hydrogens (primary N) is 1. The molecule has 0 aliphatic carbocycles. The Hall–Kier alpha value is -2.27. The molecule has 3 rings (SSSR count). The molecular formula is C14H14N4O. The van der Waals surface area contributed by atoms with Crippen molar-refractivity contribution in [2.45, 2.75) is 12.8 Å². The van der Waals surface area contributed by atoms with Gasteiger partial charge in [0.05, 0.1) is 5.52 Å². The lowest BCUT2D eigenvalue weighted by Gasteiger charge is -1.98. The first-order valence-corrected chi connectivity index (χ1v) is 6.25. The summed E-state index contributed by atoms with van der Waals surface area (Å²) in [5.74, 6) is 1.13. The summed E-state index contributed by atoms with van der Waals surface area (Å²) in [6.07, 6.45) is 1.58. The molecule has 2 heterocycles. The van der Waals surface area contributed by atoms with Gasteiger partial charge in [0.15, 0.2) is 5.82 Å². The van der Waals surface area contributed by atoms with E-state index in [0.717, 1.165) is 23.7 Å². The van der Waals surface area contributed by atoms with E-state index in [1.54, 1.807) is 0 Å². The molecule has 0 saturated heterocycles. The van der Waals surface area contributed by atoms with Crippen molar-refractivity contribution in [1.82, 2.24) is 15.1 Å². The van der Waals surface area contributed by atoms with Gasteiger partial charge in [-0.2, -0.15) is 4.98 Å². The maximum absolute atomic E-state index is 5.46. The van der Waals surface area contributed by atoms with E-state index in [1.807, 2.05) is 36.4 Å². The average molecular weight is 254 g/mol. The number of aryl methyl sites for hydroxylation is 1. The molecule has 0 aliphatic rings. The van der Waals surface area contributed by atoms with Crippen LogP contribution in [0.4, 0.5) is 0 Å². The van der Waals surface area contributed by atoms with Gasteiger partial charge in [-0.25, -0.2) is 4.98 Å². The Morgan fingerprint density at radius 1 is 1.05 bits per heavy atom. The highest BCUT2D eigenvalue weighted by atomic mass is 16.5. The van der Waals surface area contributed by atoms with Gasteiger partial charge in [0.1, 0.15) is 5.69 Å². The molecule has 2 N–H and O–H groups in total. The molecule has 5 nitrogen and oxygen atoms in total. The normalized spacial score (nSPS) is 11.0. The largest absolute Gasteiger partial charge is 0.332 e. The molecule has 19 heavy (non-hydrogen) atoms. The summed E-state index contributed by atoms with van der Waals surface area (Å²) in [7, 11) is 0. The van der Waals surface area contributed by atoms with Crippen molar-refractivity contribution < 1.29 is 4.52 Å². The molecular weight excluding hydrogens is 240 g/mol. The number of fused-ring (bicyclic) bond motifs is 1. The van der Waals surface area contributed by atoms with Crippen molar-refractivity contribution in [1.29, 1.82) is 0 Å². The topological polar surface area (TPSA) is 77.8 Å². The standard InChI is InChI=1S/C14H14N4O/c15-9-3-6-13-17-14(19-18-13)12-8-7-10-4-1-2-5-11(10)16-12/h1-2,4-5,7-8H,3,6,9,15H2. The molecule has 1 aromatic carbocycles. The van der Waals surface area contributed by atoms with Gasteiger partial charge in [-0.05, 0) is 25.1 Å². The van der Waals surface area contributed by atoms with Gasteiger partial charge in [-0.3, -0.25) is 0 Å². The molecule has 0 spiro atoms. The van der Waals surface area contributed by atoms with Gasteiger partial charge in [-0.1, -0.05) is 29.4 Å². The second-order valence-electron chi connectivity index (χ2n) is 4.30. The van der Waals surface area contributed by atoms with Crippen LogP contribution in [-0.4, -0.2) is 21.7 Å². The van der Waals surface area contributed by atoms with Crippen LogP contribution in [0, 0.1) is 0 Å². The van der Waals surface area contributed by atoms with Crippen LogP contribution >= 0.6 is 0 Å². The monoisotopic (exact) mass is 254 g/mol. The van der Waals surface area contributed by atoms with E-state index in [4.69, 9.17) is 10.3 Å². The van der Waals surface area contributed by atoms with Gasteiger partial charge in [0.25, 0.3) is 5.89 Å². The third kappa shape index (κ3) is 2.46. The Kier molecular flexibility index (Phi) is 3.20. The van der Waals surface area contributed by atoms with E-state index in [1.165, 1.54) is 0 Å². The number of hydrogen-bond donors (Lipinski definition) is 1. The number of aromatic nitrogens is 3. The fraction of sp³-hybridized carbons (Fsp3) is 0.214. The van der Waals surface area contributed by atoms with Gasteiger partial charge >= 0.3 is 0 Å². The molecule has 0 fully saturated rings. The van der Waals surface area contributed by atoms with Gasteiger partial charge in [-0.15, -0.1) is 0 Å². The summed E-state index contributed by atoms with van der Waals surface area (Å²) in [4.78, 5) is 8.85. The highest BCUT2D eigenvalue weighted by Crippen LogP contribution is 2.19. The zero-order valence-corrected chi connectivity index (χ0v) is 10.4. The summed E-state index contributed by atoms with van der Waals surface area (Å²) in [5, 5.41) is 5.02. The Morgan fingerprint density at radius 2 is 1.95 bits per heavy atom. The first kappa shape index (κ1) is 11.8. The number of benzene rings is 1.